The summed E-state index contributed by atoms with van der Waals surface area (Å²) in [6.45, 7) is 10.6. The maximum absolute atomic E-state index is 13.8. The number of rotatable bonds is 7. The molecule has 0 bridgehead atoms. The zero-order valence-electron chi connectivity index (χ0n) is 29.2. The molecule has 49 heavy (non-hydrogen) atoms. The number of benzene rings is 2. The number of epoxide rings is 1. The lowest BCUT2D eigenvalue weighted by Gasteiger charge is -2.35. The van der Waals surface area contributed by atoms with Crippen molar-refractivity contribution >= 4 is 35.3 Å². The average molecular weight is 698 g/mol. The van der Waals surface area contributed by atoms with Crippen LogP contribution in [-0.2, 0) is 41.7 Å². The maximum atomic E-state index is 13.8. The second-order valence-electron chi connectivity index (χ2n) is 14.5. The Morgan fingerprint density at radius 3 is 2.33 bits per heavy atom. The fraction of sp³-hybridized carbons (Fsp3) is 0.514. The van der Waals surface area contributed by atoms with E-state index in [4.69, 9.17) is 25.8 Å². The number of nitrogens with one attached hydrogen (secondary N) is 3. The fourth-order valence-corrected chi connectivity index (χ4v) is 5.96. The number of aliphatic hydroxyl groups is 1. The number of methoxy groups -OCH3 is 1. The van der Waals surface area contributed by atoms with Gasteiger partial charge in [-0.3, -0.25) is 14.4 Å². The maximum Gasteiger partial charge on any atom is 0.329 e. The largest absolute Gasteiger partial charge is 0.495 e. The Hall–Kier alpha value is -3.93. The van der Waals surface area contributed by atoms with Crippen molar-refractivity contribution in [2.75, 3.05) is 13.7 Å². The fourth-order valence-electron chi connectivity index (χ4n) is 5.68. The SMILES string of the molecule is COc1ccc(C[C@H]2NC(=O)/C=C/C[C@@H]([C@H](C)C3OC3c3ccc(CO)cc3)OC(=O)[C@H](C(C)(C)C)NC(=O)C(C)(C)CNC2=O)cc1Cl. The van der Waals surface area contributed by atoms with Crippen LogP contribution in [0.2, 0.25) is 5.02 Å². The van der Waals surface area contributed by atoms with Gasteiger partial charge >= 0.3 is 5.97 Å². The summed E-state index contributed by atoms with van der Waals surface area (Å²) in [6, 6.07) is 10.6. The third-order valence-corrected chi connectivity index (χ3v) is 9.31. The predicted molar refractivity (Wildman–Crippen MR) is 185 cm³/mol. The first-order chi connectivity index (χ1) is 23.0. The van der Waals surface area contributed by atoms with E-state index in [2.05, 4.69) is 16.0 Å². The number of carbonyl (C=O) groups is 4. The van der Waals surface area contributed by atoms with Gasteiger partial charge in [-0.2, -0.15) is 0 Å². The minimum Gasteiger partial charge on any atom is -0.495 e. The van der Waals surface area contributed by atoms with Crippen molar-refractivity contribution in [2.45, 2.75) is 91.4 Å². The normalized spacial score (nSPS) is 26.4. The van der Waals surface area contributed by atoms with Gasteiger partial charge in [-0.05, 0) is 54.2 Å². The Morgan fingerprint density at radius 1 is 1.04 bits per heavy atom. The molecular weight excluding hydrogens is 650 g/mol. The number of carbonyl (C=O) groups excluding carboxylic acids is 4. The molecule has 4 rings (SSSR count). The molecule has 12 heteroatoms. The van der Waals surface area contributed by atoms with Crippen LogP contribution in [0.3, 0.4) is 0 Å². The van der Waals surface area contributed by atoms with Gasteiger partial charge in [0.05, 0.1) is 30.3 Å². The van der Waals surface area contributed by atoms with Gasteiger partial charge in [0.25, 0.3) is 0 Å². The molecule has 0 saturated carbocycles. The Morgan fingerprint density at radius 2 is 1.71 bits per heavy atom. The third kappa shape index (κ3) is 9.83. The molecule has 1 fully saturated rings. The lowest BCUT2D eigenvalue weighted by Crippen LogP contribution is -2.56. The van der Waals surface area contributed by atoms with Crippen LogP contribution in [0.5, 0.6) is 5.75 Å². The molecule has 3 amide bonds. The highest BCUT2D eigenvalue weighted by molar-refractivity contribution is 6.32. The lowest BCUT2D eigenvalue weighted by atomic mass is 9.84. The van der Waals surface area contributed by atoms with Gasteiger partial charge in [-0.15, -0.1) is 0 Å². The van der Waals surface area contributed by atoms with Gasteiger partial charge in [-0.1, -0.05) is 75.7 Å². The molecule has 4 N–H and O–H groups in total. The van der Waals surface area contributed by atoms with Crippen molar-refractivity contribution in [3.8, 4) is 5.75 Å². The van der Waals surface area contributed by atoms with E-state index >= 15 is 0 Å². The Labute approximate surface area is 293 Å². The van der Waals surface area contributed by atoms with Crippen molar-refractivity contribution in [1.29, 1.82) is 0 Å². The monoisotopic (exact) mass is 697 g/mol. The van der Waals surface area contributed by atoms with E-state index in [0.29, 0.717) is 16.3 Å². The number of ether oxygens (including phenoxy) is 3. The quantitative estimate of drug-likeness (QED) is 0.248. The van der Waals surface area contributed by atoms with Crippen molar-refractivity contribution in [3.63, 3.8) is 0 Å². The molecule has 2 aromatic carbocycles. The zero-order valence-corrected chi connectivity index (χ0v) is 29.9. The number of hydrogen-bond acceptors (Lipinski definition) is 8. The van der Waals surface area contributed by atoms with E-state index < -0.39 is 52.7 Å². The van der Waals surface area contributed by atoms with Crippen molar-refractivity contribution < 1.29 is 38.5 Å². The van der Waals surface area contributed by atoms with Crippen molar-refractivity contribution in [1.82, 2.24) is 16.0 Å². The Kier molecular flexibility index (Phi) is 12.2. The summed E-state index contributed by atoms with van der Waals surface area (Å²) < 4.78 is 17.4. The van der Waals surface area contributed by atoms with Crippen LogP contribution in [0.1, 0.15) is 70.8 Å². The number of aliphatic hydroxyl groups excluding tert-OH is 1. The highest BCUT2D eigenvalue weighted by Gasteiger charge is 2.48. The highest BCUT2D eigenvalue weighted by atomic mass is 35.5. The van der Waals surface area contributed by atoms with Gasteiger partial charge in [0.15, 0.2) is 0 Å². The first kappa shape index (κ1) is 37.9. The molecule has 11 nitrogen and oxygen atoms in total. The Balaban J connectivity index is 1.62. The molecule has 1 saturated heterocycles. The summed E-state index contributed by atoms with van der Waals surface area (Å²) in [5.74, 6) is -1.86. The van der Waals surface area contributed by atoms with Crippen LogP contribution in [0, 0.1) is 16.7 Å². The summed E-state index contributed by atoms with van der Waals surface area (Å²) in [5.41, 5.74) is 0.587. The molecular formula is C37H48ClN3O8. The number of esters is 1. The first-order valence-corrected chi connectivity index (χ1v) is 16.9. The summed E-state index contributed by atoms with van der Waals surface area (Å²) in [4.78, 5) is 54.1. The van der Waals surface area contributed by atoms with Gasteiger partial charge in [0.2, 0.25) is 17.7 Å². The minimum absolute atomic E-state index is 0.0610. The second-order valence-corrected chi connectivity index (χ2v) is 14.9. The number of cyclic esters (lactones) is 1. The van der Waals surface area contributed by atoms with Crippen LogP contribution < -0.4 is 20.7 Å². The molecule has 0 radical (unpaired) electrons. The summed E-state index contributed by atoms with van der Waals surface area (Å²) in [5, 5.41) is 18.2. The van der Waals surface area contributed by atoms with E-state index in [9.17, 15) is 24.3 Å². The van der Waals surface area contributed by atoms with Crippen molar-refractivity contribution in [3.05, 3.63) is 76.3 Å². The van der Waals surface area contributed by atoms with Crippen LogP contribution in [0.25, 0.3) is 0 Å². The van der Waals surface area contributed by atoms with Crippen LogP contribution in [-0.4, -0.2) is 66.7 Å². The molecule has 2 aliphatic rings. The molecule has 0 aromatic heterocycles. The molecule has 2 aromatic rings. The summed E-state index contributed by atoms with van der Waals surface area (Å²) in [7, 11) is 1.50. The van der Waals surface area contributed by atoms with Gasteiger partial charge in [0, 0.05) is 25.3 Å². The number of hydrogen-bond donors (Lipinski definition) is 4. The van der Waals surface area contributed by atoms with Crippen molar-refractivity contribution in [2.24, 2.45) is 16.7 Å². The lowest BCUT2D eigenvalue weighted by molar-refractivity contribution is -0.159. The second kappa shape index (κ2) is 15.7. The van der Waals surface area contributed by atoms with E-state index in [1.165, 1.54) is 13.2 Å². The smallest absolute Gasteiger partial charge is 0.329 e. The van der Waals surface area contributed by atoms with Crippen LogP contribution in [0.4, 0.5) is 0 Å². The van der Waals surface area contributed by atoms with E-state index in [1.807, 2.05) is 52.0 Å². The third-order valence-electron chi connectivity index (χ3n) is 9.01. The van der Waals surface area contributed by atoms with Gasteiger partial charge in [-0.25, -0.2) is 4.79 Å². The first-order valence-electron chi connectivity index (χ1n) is 16.5. The number of halogens is 1. The molecule has 2 unspecified atom stereocenters. The van der Waals surface area contributed by atoms with Crippen LogP contribution in [0.15, 0.2) is 54.6 Å². The predicted octanol–water partition coefficient (Wildman–Crippen LogP) is 4.19. The summed E-state index contributed by atoms with van der Waals surface area (Å²) in [6.07, 6.45) is 2.05. The van der Waals surface area contributed by atoms with Crippen LogP contribution >= 0.6 is 11.6 Å². The topological polar surface area (TPSA) is 156 Å². The van der Waals surface area contributed by atoms with E-state index in [-0.39, 0.29) is 44.1 Å². The Bertz CT molecular complexity index is 1550. The van der Waals surface area contributed by atoms with E-state index in [1.54, 1.807) is 38.1 Å². The van der Waals surface area contributed by atoms with Gasteiger partial charge < -0.3 is 35.3 Å². The standard InChI is InChI=1S/C37H48ClN3O8/c1-21(30-31(49-30)24-14-11-22(19-42)12-15-24)27-9-8-10-29(43)40-26(18-23-13-16-28(47-7)25(38)17-23)33(44)39-20-37(5,6)35(46)41-32(34(45)48-27)36(2,3)4/h8,10-17,21,26-27,30-32,42H,9,18-20H2,1-7H3,(H,39,44)(H,40,43)(H,41,46)/b10-8+/t21-,26+,27-,30?,31?,32+/m0/s1. The molecule has 2 heterocycles. The molecule has 6 atom stereocenters. The summed E-state index contributed by atoms with van der Waals surface area (Å²) >= 11 is 6.33. The molecule has 266 valence electrons. The average Bonchev–Trinajstić information content (AvgIpc) is 3.85. The molecule has 0 spiro atoms. The van der Waals surface area contributed by atoms with E-state index in [0.717, 1.165) is 11.1 Å². The van der Waals surface area contributed by atoms with Gasteiger partial charge in [0.1, 0.15) is 30.0 Å². The highest BCUT2D eigenvalue weighted by Crippen LogP contribution is 2.45. The zero-order chi connectivity index (χ0) is 36.1. The molecule has 2 aliphatic heterocycles. The minimum atomic E-state index is -1.12. The molecule has 0 aliphatic carbocycles. The number of amides is 3.